The van der Waals surface area contributed by atoms with Crippen molar-refractivity contribution in [3.63, 3.8) is 0 Å². The fourth-order valence-electron chi connectivity index (χ4n) is 0.310. The first-order chi connectivity index (χ1) is 4.81. The monoisotopic (exact) mass is 190 g/mol. The quantitative estimate of drug-likeness (QED) is 0.568. The van der Waals surface area contributed by atoms with Crippen molar-refractivity contribution in [1.29, 1.82) is 0 Å². The van der Waals surface area contributed by atoms with E-state index in [2.05, 4.69) is 0 Å². The average molecular weight is 190 g/mol. The molecule has 12 heavy (non-hydrogen) atoms. The van der Waals surface area contributed by atoms with Gasteiger partial charge in [-0.25, -0.2) is 8.78 Å². The summed E-state index contributed by atoms with van der Waals surface area (Å²) in [4.78, 5) is 0. The second-order valence-electron chi connectivity index (χ2n) is 1.95. The lowest BCUT2D eigenvalue weighted by molar-refractivity contribution is -0.198. The summed E-state index contributed by atoms with van der Waals surface area (Å²) in [6.07, 6.45) is -0.823. The largest absolute Gasteiger partial charge is 0.309 e. The predicted octanol–water partition coefficient (Wildman–Crippen LogP) is 4.35. The molecule has 0 saturated carbocycles. The van der Waals surface area contributed by atoms with Gasteiger partial charge in [-0.2, -0.15) is 8.78 Å². The highest BCUT2D eigenvalue weighted by Gasteiger charge is 2.50. The van der Waals surface area contributed by atoms with Gasteiger partial charge in [0.05, 0.1) is 0 Å². The minimum atomic E-state index is -3.89. The van der Waals surface area contributed by atoms with E-state index in [0.29, 0.717) is 0 Å². The average Bonchev–Trinajstić information content (AvgIpc) is 1.90. The maximum absolute atomic E-state index is 11.9. The van der Waals surface area contributed by atoms with Gasteiger partial charge in [0.2, 0.25) is 0 Å². The van der Waals surface area contributed by atoms with Gasteiger partial charge in [0.1, 0.15) is 0 Å². The highest BCUT2D eigenvalue weighted by molar-refractivity contribution is 4.78. The highest BCUT2D eigenvalue weighted by Crippen LogP contribution is 2.35. The molecule has 4 heteroatoms. The fourth-order valence-corrected chi connectivity index (χ4v) is 0.310. The molecule has 0 heterocycles. The van der Waals surface area contributed by atoms with Crippen LogP contribution in [-0.4, -0.2) is 11.8 Å². The Kier molecular flexibility index (Phi) is 9.24. The molecule has 0 rings (SSSR count). The molecular formula is C8H18F4. The summed E-state index contributed by atoms with van der Waals surface area (Å²) in [5.74, 6) is -7.74. The number of hydrogen-bond donors (Lipinski definition) is 0. The van der Waals surface area contributed by atoms with Crippen molar-refractivity contribution in [3.05, 3.63) is 0 Å². The van der Waals surface area contributed by atoms with Gasteiger partial charge in [0, 0.05) is 13.3 Å². The molecule has 0 saturated heterocycles. The molecule has 78 valence electrons. The third kappa shape index (κ3) is 5.38. The molecule has 0 aromatic carbocycles. The Balaban J connectivity index is -0.000000249. The Hall–Kier alpha value is -0.280. The number of rotatable bonds is 2. The summed E-state index contributed by atoms with van der Waals surface area (Å²) in [6.45, 7) is 5.24. The molecule has 0 bridgehead atoms. The van der Waals surface area contributed by atoms with Crippen LogP contribution >= 0.6 is 0 Å². The zero-order chi connectivity index (χ0) is 9.71. The third-order valence-electron chi connectivity index (χ3n) is 1.09. The van der Waals surface area contributed by atoms with Gasteiger partial charge in [-0.05, 0) is 0 Å². The van der Waals surface area contributed by atoms with Crippen LogP contribution in [0.15, 0.2) is 0 Å². The molecule has 0 aliphatic rings. The highest BCUT2D eigenvalue weighted by atomic mass is 19.3. The van der Waals surface area contributed by atoms with E-state index in [1.54, 1.807) is 0 Å². The van der Waals surface area contributed by atoms with Crippen LogP contribution in [0.25, 0.3) is 0 Å². The van der Waals surface area contributed by atoms with E-state index in [9.17, 15) is 17.6 Å². The molecule has 0 radical (unpaired) electrons. The van der Waals surface area contributed by atoms with Crippen molar-refractivity contribution >= 4 is 0 Å². The van der Waals surface area contributed by atoms with Gasteiger partial charge in [0.15, 0.2) is 0 Å². The first kappa shape index (κ1) is 17.7. The summed E-state index contributed by atoms with van der Waals surface area (Å²) in [7, 11) is 0. The van der Waals surface area contributed by atoms with Crippen LogP contribution in [0.1, 0.15) is 41.5 Å². The van der Waals surface area contributed by atoms with Gasteiger partial charge in [-0.3, -0.25) is 0 Å². The maximum atomic E-state index is 11.9. The van der Waals surface area contributed by atoms with Gasteiger partial charge >= 0.3 is 11.8 Å². The summed E-state index contributed by atoms with van der Waals surface area (Å²) in [6, 6.07) is 0. The van der Waals surface area contributed by atoms with Crippen LogP contribution in [-0.2, 0) is 0 Å². The Morgan fingerprint density at radius 1 is 1.00 bits per heavy atom. The van der Waals surface area contributed by atoms with Gasteiger partial charge in [-0.15, -0.1) is 0 Å². The minimum absolute atomic E-state index is 0. The van der Waals surface area contributed by atoms with E-state index in [-0.39, 0.29) is 14.4 Å². The number of halogens is 4. The lowest BCUT2D eigenvalue weighted by Crippen LogP contribution is -2.36. The Morgan fingerprint density at radius 3 is 1.25 bits per heavy atom. The summed E-state index contributed by atoms with van der Waals surface area (Å²) >= 11 is 0. The van der Waals surface area contributed by atoms with Gasteiger partial charge in [-0.1, -0.05) is 28.2 Å². The SMILES string of the molecule is C.CC.CCC(F)(F)C(C)(F)F. The normalized spacial score (nSPS) is 11.0. The zero-order valence-corrected chi connectivity index (χ0v) is 7.22. The van der Waals surface area contributed by atoms with E-state index >= 15 is 0 Å². The van der Waals surface area contributed by atoms with Crippen molar-refractivity contribution in [2.75, 3.05) is 0 Å². The van der Waals surface area contributed by atoms with Crippen LogP contribution in [0.2, 0.25) is 0 Å². The molecule has 0 aromatic heterocycles. The van der Waals surface area contributed by atoms with Crippen LogP contribution in [0.4, 0.5) is 17.6 Å². The molecule has 0 atom stereocenters. The van der Waals surface area contributed by atoms with E-state index in [1.165, 1.54) is 0 Å². The number of hydrogen-bond acceptors (Lipinski definition) is 0. The standard InChI is InChI=1S/C5H8F4.C2H6.CH4/c1-3-5(8,9)4(2,6)7;1-2;/h3H2,1-2H3;1-2H3;1H4. The molecule has 0 aliphatic carbocycles. The lowest BCUT2D eigenvalue weighted by Gasteiger charge is -2.20. The van der Waals surface area contributed by atoms with Gasteiger partial charge in [0.25, 0.3) is 0 Å². The Morgan fingerprint density at radius 2 is 1.25 bits per heavy atom. The molecule has 0 fully saturated rings. The van der Waals surface area contributed by atoms with Crippen LogP contribution in [0.3, 0.4) is 0 Å². The van der Waals surface area contributed by atoms with Crippen LogP contribution < -0.4 is 0 Å². The summed E-state index contributed by atoms with van der Waals surface area (Å²) < 4.78 is 47.3. The minimum Gasteiger partial charge on any atom is -0.200 e. The fraction of sp³-hybridized carbons (Fsp3) is 1.00. The second kappa shape index (κ2) is 6.26. The van der Waals surface area contributed by atoms with Crippen molar-refractivity contribution < 1.29 is 17.6 Å². The van der Waals surface area contributed by atoms with Gasteiger partial charge < -0.3 is 0 Å². The van der Waals surface area contributed by atoms with E-state index in [0.717, 1.165) is 6.92 Å². The Bertz CT molecular complexity index is 93.7. The zero-order valence-electron chi connectivity index (χ0n) is 7.22. The van der Waals surface area contributed by atoms with Crippen molar-refractivity contribution in [2.45, 2.75) is 53.4 Å². The van der Waals surface area contributed by atoms with Crippen LogP contribution in [0, 0.1) is 0 Å². The first-order valence-corrected chi connectivity index (χ1v) is 3.57. The molecule has 0 amide bonds. The molecule has 0 unspecified atom stereocenters. The van der Waals surface area contributed by atoms with Crippen molar-refractivity contribution in [1.82, 2.24) is 0 Å². The van der Waals surface area contributed by atoms with Crippen LogP contribution in [0.5, 0.6) is 0 Å². The molecule has 0 N–H and O–H groups in total. The molecule has 0 nitrogen and oxygen atoms in total. The predicted molar refractivity (Wildman–Crippen MR) is 43.9 cm³/mol. The smallest absolute Gasteiger partial charge is 0.200 e. The lowest BCUT2D eigenvalue weighted by atomic mass is 10.1. The van der Waals surface area contributed by atoms with E-state index in [1.807, 2.05) is 13.8 Å². The second-order valence-corrected chi connectivity index (χ2v) is 1.95. The molecular weight excluding hydrogens is 172 g/mol. The van der Waals surface area contributed by atoms with Crippen molar-refractivity contribution in [3.8, 4) is 0 Å². The molecule has 0 aliphatic heterocycles. The molecule has 0 aromatic rings. The molecule has 0 spiro atoms. The topological polar surface area (TPSA) is 0 Å². The Labute approximate surface area is 72.0 Å². The maximum Gasteiger partial charge on any atom is 0.309 e. The third-order valence-corrected chi connectivity index (χ3v) is 1.09. The van der Waals surface area contributed by atoms with E-state index < -0.39 is 18.3 Å². The summed E-state index contributed by atoms with van der Waals surface area (Å²) in [5, 5.41) is 0. The summed E-state index contributed by atoms with van der Waals surface area (Å²) in [5.41, 5.74) is 0. The first-order valence-electron chi connectivity index (χ1n) is 3.57. The van der Waals surface area contributed by atoms with E-state index in [4.69, 9.17) is 0 Å². The van der Waals surface area contributed by atoms with Crippen molar-refractivity contribution in [2.24, 2.45) is 0 Å². The number of alkyl halides is 4.